The molecule has 0 fully saturated rings. The van der Waals surface area contributed by atoms with Crippen molar-refractivity contribution in [3.8, 4) is 5.75 Å². The SMILES string of the molecule is CSc1ccc2c(c1)c1oc(=O)c(Br)c(O)c1c(=O)n2Cc1ccc(F)cc1. The van der Waals surface area contributed by atoms with Crippen LogP contribution in [0.5, 0.6) is 5.75 Å². The van der Waals surface area contributed by atoms with Gasteiger partial charge in [-0.05, 0) is 58.1 Å². The second-order valence-electron chi connectivity index (χ2n) is 6.16. The van der Waals surface area contributed by atoms with Gasteiger partial charge in [0.15, 0.2) is 11.3 Å². The predicted molar refractivity (Wildman–Crippen MR) is 111 cm³/mol. The molecular weight excluding hydrogens is 449 g/mol. The van der Waals surface area contributed by atoms with Crippen molar-refractivity contribution in [1.29, 1.82) is 0 Å². The number of rotatable bonds is 3. The van der Waals surface area contributed by atoms with E-state index in [0.717, 1.165) is 4.90 Å². The van der Waals surface area contributed by atoms with Gasteiger partial charge in [0.25, 0.3) is 5.56 Å². The number of hydrogen-bond acceptors (Lipinski definition) is 5. The number of fused-ring (bicyclic) bond motifs is 3. The van der Waals surface area contributed by atoms with E-state index in [1.54, 1.807) is 24.3 Å². The molecule has 2 aromatic carbocycles. The molecule has 0 bridgehead atoms. The van der Waals surface area contributed by atoms with Gasteiger partial charge >= 0.3 is 5.63 Å². The van der Waals surface area contributed by atoms with Gasteiger partial charge in [-0.15, -0.1) is 11.8 Å². The van der Waals surface area contributed by atoms with E-state index in [4.69, 9.17) is 4.42 Å². The molecule has 8 heteroatoms. The van der Waals surface area contributed by atoms with E-state index in [0.29, 0.717) is 16.5 Å². The zero-order valence-electron chi connectivity index (χ0n) is 14.5. The first-order valence-electron chi connectivity index (χ1n) is 8.21. The Morgan fingerprint density at radius 1 is 1.18 bits per heavy atom. The van der Waals surface area contributed by atoms with E-state index in [9.17, 15) is 19.1 Å². The summed E-state index contributed by atoms with van der Waals surface area (Å²) in [5, 5.41) is 10.9. The highest BCUT2D eigenvalue weighted by Gasteiger charge is 2.20. The van der Waals surface area contributed by atoms with Crippen LogP contribution in [0.3, 0.4) is 0 Å². The number of pyridine rings is 1. The second-order valence-corrected chi connectivity index (χ2v) is 7.83. The minimum atomic E-state index is -0.767. The normalized spacial score (nSPS) is 11.4. The van der Waals surface area contributed by atoms with Crippen molar-refractivity contribution in [2.75, 3.05) is 6.26 Å². The molecule has 4 rings (SSSR count). The Balaban J connectivity index is 2.13. The van der Waals surface area contributed by atoms with Crippen LogP contribution in [0.25, 0.3) is 21.9 Å². The molecule has 0 aliphatic carbocycles. The maximum absolute atomic E-state index is 13.2. The molecule has 0 unspecified atom stereocenters. The van der Waals surface area contributed by atoms with Gasteiger partial charge in [0.1, 0.15) is 15.7 Å². The molecule has 0 amide bonds. The van der Waals surface area contributed by atoms with E-state index in [-0.39, 0.29) is 27.8 Å². The molecular formula is C20H13BrFNO4S. The molecule has 2 heterocycles. The average molecular weight is 462 g/mol. The Hall–Kier alpha value is -2.58. The quantitative estimate of drug-likeness (QED) is 0.359. The highest BCUT2D eigenvalue weighted by molar-refractivity contribution is 9.10. The van der Waals surface area contributed by atoms with Crippen LogP contribution in [-0.2, 0) is 6.54 Å². The molecule has 0 aliphatic heterocycles. The molecule has 2 aromatic heterocycles. The summed E-state index contributed by atoms with van der Waals surface area (Å²) in [4.78, 5) is 26.1. The van der Waals surface area contributed by atoms with Crippen molar-refractivity contribution in [2.45, 2.75) is 11.4 Å². The van der Waals surface area contributed by atoms with Crippen molar-refractivity contribution >= 4 is 49.6 Å². The Kier molecular flexibility index (Phi) is 4.76. The smallest absolute Gasteiger partial charge is 0.354 e. The number of thioether (sulfide) groups is 1. The van der Waals surface area contributed by atoms with E-state index >= 15 is 0 Å². The maximum Gasteiger partial charge on any atom is 0.354 e. The number of halogens is 2. The first-order valence-corrected chi connectivity index (χ1v) is 10.2. The van der Waals surface area contributed by atoms with E-state index in [2.05, 4.69) is 15.9 Å². The Morgan fingerprint density at radius 3 is 2.57 bits per heavy atom. The summed E-state index contributed by atoms with van der Waals surface area (Å²) in [6.45, 7) is 0.167. The number of aromatic nitrogens is 1. The molecule has 28 heavy (non-hydrogen) atoms. The number of benzene rings is 2. The number of nitrogens with zero attached hydrogens (tertiary/aromatic N) is 1. The lowest BCUT2D eigenvalue weighted by molar-refractivity contribution is 0.462. The van der Waals surface area contributed by atoms with Crippen LogP contribution in [-0.4, -0.2) is 15.9 Å². The Labute approximate surface area is 170 Å². The number of hydrogen-bond donors (Lipinski definition) is 1. The summed E-state index contributed by atoms with van der Waals surface area (Å²) in [6, 6.07) is 11.3. The van der Waals surface area contributed by atoms with Gasteiger partial charge in [-0.25, -0.2) is 9.18 Å². The van der Waals surface area contributed by atoms with Crippen LogP contribution in [0, 0.1) is 5.82 Å². The van der Waals surface area contributed by atoms with Crippen molar-refractivity contribution in [3.05, 3.63) is 79.1 Å². The largest absolute Gasteiger partial charge is 0.506 e. The monoisotopic (exact) mass is 461 g/mol. The molecule has 4 aromatic rings. The standard InChI is InChI=1S/C20H13BrFNO4S/c1-28-12-6-7-14-13(8-12)18-15(17(24)16(21)20(26)27-18)19(25)23(14)9-10-2-4-11(22)5-3-10/h2-8,24H,9H2,1H3. The Bertz CT molecular complexity index is 1350. The van der Waals surface area contributed by atoms with Crippen LogP contribution in [0.15, 0.2) is 65.8 Å². The van der Waals surface area contributed by atoms with Gasteiger partial charge in [0.2, 0.25) is 0 Å². The van der Waals surface area contributed by atoms with E-state index in [1.807, 2.05) is 12.3 Å². The van der Waals surface area contributed by atoms with Crippen LogP contribution in [0.2, 0.25) is 0 Å². The zero-order valence-corrected chi connectivity index (χ0v) is 16.9. The molecule has 0 spiro atoms. The third-order valence-electron chi connectivity index (χ3n) is 4.50. The maximum atomic E-state index is 13.2. The van der Waals surface area contributed by atoms with Gasteiger partial charge in [-0.3, -0.25) is 4.79 Å². The lowest BCUT2D eigenvalue weighted by Crippen LogP contribution is -2.22. The molecule has 0 saturated heterocycles. The first kappa shape index (κ1) is 18.8. The Morgan fingerprint density at radius 2 is 1.89 bits per heavy atom. The van der Waals surface area contributed by atoms with Gasteiger partial charge in [0.05, 0.1) is 12.1 Å². The lowest BCUT2D eigenvalue weighted by Gasteiger charge is -2.14. The molecule has 0 radical (unpaired) electrons. The summed E-state index contributed by atoms with van der Waals surface area (Å²) in [7, 11) is 0. The molecule has 0 saturated carbocycles. The van der Waals surface area contributed by atoms with Crippen molar-refractivity contribution < 1.29 is 13.9 Å². The molecule has 142 valence electrons. The van der Waals surface area contributed by atoms with Crippen LogP contribution < -0.4 is 11.2 Å². The zero-order chi connectivity index (χ0) is 20.0. The molecule has 5 nitrogen and oxygen atoms in total. The fourth-order valence-electron chi connectivity index (χ4n) is 3.12. The predicted octanol–water partition coefficient (Wildman–Crippen LogP) is 4.49. The number of aromatic hydroxyl groups is 1. The molecule has 0 atom stereocenters. The minimum absolute atomic E-state index is 0.0388. The van der Waals surface area contributed by atoms with Crippen molar-refractivity contribution in [3.63, 3.8) is 0 Å². The summed E-state index contributed by atoms with van der Waals surface area (Å²) in [5.74, 6) is -0.826. The van der Waals surface area contributed by atoms with Gasteiger partial charge in [0, 0.05) is 10.3 Å². The van der Waals surface area contributed by atoms with Crippen LogP contribution in [0.4, 0.5) is 4.39 Å². The van der Waals surface area contributed by atoms with E-state index in [1.165, 1.54) is 28.5 Å². The lowest BCUT2D eigenvalue weighted by atomic mass is 10.1. The summed E-state index contributed by atoms with van der Waals surface area (Å²) < 4.78 is 19.9. The summed E-state index contributed by atoms with van der Waals surface area (Å²) >= 11 is 4.47. The van der Waals surface area contributed by atoms with Gasteiger partial charge in [-0.2, -0.15) is 0 Å². The van der Waals surface area contributed by atoms with E-state index < -0.39 is 16.9 Å². The summed E-state index contributed by atoms with van der Waals surface area (Å²) in [5.41, 5.74) is 0.0256. The fourth-order valence-corrected chi connectivity index (χ4v) is 3.84. The molecule has 0 aliphatic rings. The van der Waals surface area contributed by atoms with Crippen molar-refractivity contribution in [1.82, 2.24) is 4.57 Å². The average Bonchev–Trinajstić information content (AvgIpc) is 2.70. The van der Waals surface area contributed by atoms with Crippen molar-refractivity contribution in [2.24, 2.45) is 0 Å². The minimum Gasteiger partial charge on any atom is -0.506 e. The highest BCUT2D eigenvalue weighted by Crippen LogP contribution is 2.33. The fraction of sp³-hybridized carbons (Fsp3) is 0.100. The topological polar surface area (TPSA) is 72.4 Å². The third-order valence-corrected chi connectivity index (χ3v) is 5.92. The van der Waals surface area contributed by atoms with Gasteiger partial charge < -0.3 is 14.1 Å². The second kappa shape index (κ2) is 7.10. The van der Waals surface area contributed by atoms with Gasteiger partial charge in [-0.1, -0.05) is 12.1 Å². The summed E-state index contributed by atoms with van der Waals surface area (Å²) in [6.07, 6.45) is 1.90. The van der Waals surface area contributed by atoms with Crippen LogP contribution in [0.1, 0.15) is 5.56 Å². The third kappa shape index (κ3) is 3.02. The highest BCUT2D eigenvalue weighted by atomic mass is 79.9. The molecule has 1 N–H and O–H groups in total. The first-order chi connectivity index (χ1) is 13.4. The van der Waals surface area contributed by atoms with Crippen LogP contribution >= 0.6 is 27.7 Å².